The molecule has 1 aliphatic heterocycles. The van der Waals surface area contributed by atoms with Gasteiger partial charge in [-0.3, -0.25) is 4.79 Å². The van der Waals surface area contributed by atoms with Crippen LogP contribution in [0.2, 0.25) is 0 Å². The van der Waals surface area contributed by atoms with Gasteiger partial charge in [0.05, 0.1) is 0 Å². The summed E-state index contributed by atoms with van der Waals surface area (Å²) in [6.45, 7) is 0. The van der Waals surface area contributed by atoms with Crippen molar-refractivity contribution in [1.82, 2.24) is 10.3 Å². The lowest BCUT2D eigenvalue weighted by molar-refractivity contribution is 0.0936. The Morgan fingerprint density at radius 1 is 1.71 bits per heavy atom. The Kier molecular flexibility index (Phi) is 3.18. The molecule has 0 radical (unpaired) electrons. The van der Waals surface area contributed by atoms with Gasteiger partial charge in [-0.05, 0) is 34.2 Å². The molecule has 3 nitrogen and oxygen atoms in total. The summed E-state index contributed by atoms with van der Waals surface area (Å²) >= 11 is 5.19. The highest BCUT2D eigenvalue weighted by Gasteiger charge is 2.18. The van der Waals surface area contributed by atoms with E-state index < -0.39 is 0 Å². The minimum Gasteiger partial charge on any atom is -0.356 e. The topological polar surface area (TPSA) is 44.9 Å². The number of carbonyl (C=O) groups is 1. The number of aromatic nitrogens is 1. The minimum absolute atomic E-state index is 0.0109. The van der Waals surface area contributed by atoms with Gasteiger partial charge in [-0.15, -0.1) is 0 Å². The first-order chi connectivity index (χ1) is 6.75. The molecule has 1 saturated heterocycles. The predicted octanol–water partition coefficient (Wildman–Crippen LogP) is 2.01. The first-order valence-electron chi connectivity index (χ1n) is 4.48. The molecule has 5 heteroatoms. The summed E-state index contributed by atoms with van der Waals surface area (Å²) in [5.74, 6) is 2.18. The van der Waals surface area contributed by atoms with Crippen LogP contribution in [0.15, 0.2) is 16.7 Å². The van der Waals surface area contributed by atoms with Crippen molar-refractivity contribution in [1.29, 1.82) is 0 Å². The Morgan fingerprint density at radius 3 is 3.14 bits per heavy atom. The van der Waals surface area contributed by atoms with Gasteiger partial charge in [-0.25, -0.2) is 0 Å². The van der Waals surface area contributed by atoms with E-state index in [2.05, 4.69) is 26.2 Å². The zero-order valence-corrected chi connectivity index (χ0v) is 9.95. The molecule has 2 heterocycles. The average Bonchev–Trinajstić information content (AvgIpc) is 2.75. The summed E-state index contributed by atoms with van der Waals surface area (Å²) in [6.07, 6.45) is 2.84. The number of H-pyrrole nitrogens is 1. The van der Waals surface area contributed by atoms with Gasteiger partial charge < -0.3 is 10.3 Å². The van der Waals surface area contributed by atoms with Crippen molar-refractivity contribution >= 4 is 33.6 Å². The van der Waals surface area contributed by atoms with Crippen LogP contribution in [0.1, 0.15) is 16.9 Å². The third kappa shape index (κ3) is 2.33. The molecule has 0 aliphatic carbocycles. The van der Waals surface area contributed by atoms with E-state index in [4.69, 9.17) is 0 Å². The number of thioether (sulfide) groups is 1. The quantitative estimate of drug-likeness (QED) is 0.867. The molecule has 1 aliphatic rings. The summed E-state index contributed by atoms with van der Waals surface area (Å²) in [4.78, 5) is 14.6. The number of rotatable bonds is 2. The monoisotopic (exact) mass is 274 g/mol. The van der Waals surface area contributed by atoms with Gasteiger partial charge in [-0.1, -0.05) is 0 Å². The summed E-state index contributed by atoms with van der Waals surface area (Å²) in [7, 11) is 0. The Balaban J connectivity index is 1.95. The van der Waals surface area contributed by atoms with E-state index in [0.29, 0.717) is 11.7 Å². The van der Waals surface area contributed by atoms with Crippen molar-refractivity contribution in [2.24, 2.45) is 0 Å². The molecule has 1 aromatic heterocycles. The van der Waals surface area contributed by atoms with Gasteiger partial charge in [0.25, 0.3) is 5.91 Å². The molecule has 76 valence electrons. The Morgan fingerprint density at radius 2 is 2.57 bits per heavy atom. The van der Waals surface area contributed by atoms with E-state index >= 15 is 0 Å². The van der Waals surface area contributed by atoms with Crippen LogP contribution in [0.3, 0.4) is 0 Å². The maximum Gasteiger partial charge on any atom is 0.267 e. The first-order valence-corrected chi connectivity index (χ1v) is 6.43. The molecule has 1 fully saturated rings. The van der Waals surface area contributed by atoms with E-state index in [0.717, 1.165) is 22.4 Å². The highest BCUT2D eigenvalue weighted by atomic mass is 79.9. The molecular weight excluding hydrogens is 264 g/mol. The molecule has 1 unspecified atom stereocenters. The third-order valence-corrected chi connectivity index (χ3v) is 3.78. The second-order valence-corrected chi connectivity index (χ2v) is 5.33. The summed E-state index contributed by atoms with van der Waals surface area (Å²) in [6, 6.07) is 2.13. The molecule has 1 amide bonds. The van der Waals surface area contributed by atoms with Crippen LogP contribution in [-0.4, -0.2) is 28.4 Å². The highest BCUT2D eigenvalue weighted by Crippen LogP contribution is 2.17. The van der Waals surface area contributed by atoms with Crippen LogP contribution in [0.4, 0.5) is 0 Å². The van der Waals surface area contributed by atoms with Crippen LogP contribution in [0, 0.1) is 0 Å². The molecule has 0 saturated carbocycles. The van der Waals surface area contributed by atoms with Crippen molar-refractivity contribution in [2.75, 3.05) is 11.5 Å². The van der Waals surface area contributed by atoms with E-state index in [1.165, 1.54) is 0 Å². The van der Waals surface area contributed by atoms with Gasteiger partial charge in [0.1, 0.15) is 5.69 Å². The summed E-state index contributed by atoms with van der Waals surface area (Å²) < 4.78 is 0.906. The normalized spacial score (nSPS) is 21.1. The number of hydrogen-bond donors (Lipinski definition) is 2. The molecular formula is C9H11BrN2OS. The number of amides is 1. The number of aromatic amines is 1. The van der Waals surface area contributed by atoms with Crippen molar-refractivity contribution < 1.29 is 4.79 Å². The fourth-order valence-corrected chi connectivity index (χ4v) is 2.91. The zero-order valence-electron chi connectivity index (χ0n) is 7.55. The maximum absolute atomic E-state index is 11.6. The van der Waals surface area contributed by atoms with Crippen LogP contribution >= 0.6 is 27.7 Å². The van der Waals surface area contributed by atoms with E-state index in [-0.39, 0.29) is 5.91 Å². The molecule has 0 aromatic carbocycles. The lowest BCUT2D eigenvalue weighted by Gasteiger charge is -2.09. The predicted molar refractivity (Wildman–Crippen MR) is 61.7 cm³/mol. The van der Waals surface area contributed by atoms with Crippen LogP contribution in [-0.2, 0) is 0 Å². The molecule has 1 aromatic rings. The van der Waals surface area contributed by atoms with Gasteiger partial charge in [0.2, 0.25) is 0 Å². The van der Waals surface area contributed by atoms with Crippen LogP contribution < -0.4 is 5.32 Å². The number of carbonyl (C=O) groups excluding carboxylic acids is 1. The van der Waals surface area contributed by atoms with Crippen molar-refractivity contribution in [3.63, 3.8) is 0 Å². The van der Waals surface area contributed by atoms with E-state index in [1.54, 1.807) is 12.3 Å². The molecule has 2 N–H and O–H groups in total. The van der Waals surface area contributed by atoms with Crippen molar-refractivity contribution in [2.45, 2.75) is 12.5 Å². The molecule has 0 spiro atoms. The molecule has 1 atom stereocenters. The zero-order chi connectivity index (χ0) is 9.97. The SMILES string of the molecule is O=C(NC1CCSC1)c1cc(Br)c[nH]1. The first kappa shape index (κ1) is 10.1. The van der Waals surface area contributed by atoms with Gasteiger partial charge >= 0.3 is 0 Å². The molecule has 0 bridgehead atoms. The fraction of sp³-hybridized carbons (Fsp3) is 0.444. The van der Waals surface area contributed by atoms with Crippen molar-refractivity contribution in [3.8, 4) is 0 Å². The minimum atomic E-state index is -0.0109. The lowest BCUT2D eigenvalue weighted by Crippen LogP contribution is -2.34. The van der Waals surface area contributed by atoms with Gasteiger partial charge in [-0.2, -0.15) is 11.8 Å². The van der Waals surface area contributed by atoms with Gasteiger partial charge in [0, 0.05) is 22.5 Å². The Labute approximate surface area is 95.2 Å². The largest absolute Gasteiger partial charge is 0.356 e. The number of nitrogens with one attached hydrogen (secondary N) is 2. The van der Waals surface area contributed by atoms with Crippen LogP contribution in [0.25, 0.3) is 0 Å². The van der Waals surface area contributed by atoms with Crippen molar-refractivity contribution in [3.05, 3.63) is 22.4 Å². The number of hydrogen-bond acceptors (Lipinski definition) is 2. The van der Waals surface area contributed by atoms with E-state index in [1.807, 2.05) is 11.8 Å². The highest BCUT2D eigenvalue weighted by molar-refractivity contribution is 9.10. The Hall–Kier alpha value is -0.420. The standard InChI is InChI=1S/C9H11BrN2OS/c10-6-3-8(11-4-6)9(13)12-7-1-2-14-5-7/h3-4,7,11H,1-2,5H2,(H,12,13). The second kappa shape index (κ2) is 4.40. The van der Waals surface area contributed by atoms with Crippen LogP contribution in [0.5, 0.6) is 0 Å². The van der Waals surface area contributed by atoms with E-state index in [9.17, 15) is 4.79 Å². The second-order valence-electron chi connectivity index (χ2n) is 3.27. The smallest absolute Gasteiger partial charge is 0.267 e. The third-order valence-electron chi connectivity index (χ3n) is 2.16. The molecule has 14 heavy (non-hydrogen) atoms. The lowest BCUT2D eigenvalue weighted by atomic mass is 10.2. The maximum atomic E-state index is 11.6. The summed E-state index contributed by atoms with van der Waals surface area (Å²) in [5.41, 5.74) is 0.619. The average molecular weight is 275 g/mol. The fourth-order valence-electron chi connectivity index (χ4n) is 1.41. The van der Waals surface area contributed by atoms with Gasteiger partial charge in [0.15, 0.2) is 0 Å². The Bertz CT molecular complexity index is 333. The molecule has 2 rings (SSSR count). The number of halogens is 1. The summed E-state index contributed by atoms with van der Waals surface area (Å²) in [5, 5.41) is 3.00.